The van der Waals surface area contributed by atoms with Gasteiger partial charge in [0.2, 0.25) is 5.82 Å². The minimum absolute atomic E-state index is 0.0933. The highest BCUT2D eigenvalue weighted by atomic mass is 19.2. The first-order chi connectivity index (χ1) is 13.4. The Bertz CT molecular complexity index is 824. The van der Waals surface area contributed by atoms with E-state index in [-0.39, 0.29) is 18.2 Å². The Kier molecular flexibility index (Phi) is 6.28. The van der Waals surface area contributed by atoms with E-state index in [0.717, 1.165) is 32.1 Å². The van der Waals surface area contributed by atoms with Gasteiger partial charge in [-0.2, -0.15) is 5.06 Å². The van der Waals surface area contributed by atoms with Crippen molar-refractivity contribution >= 4 is 11.6 Å². The average Bonchev–Trinajstić information content (AvgIpc) is 2.72. The Balaban J connectivity index is 1.95. The summed E-state index contributed by atoms with van der Waals surface area (Å²) in [4.78, 5) is 18.3. The van der Waals surface area contributed by atoms with Crippen molar-refractivity contribution in [1.82, 2.24) is 0 Å². The predicted molar refractivity (Wildman–Crippen MR) is 92.0 cm³/mol. The number of carbonyl (C=O) groups is 1. The van der Waals surface area contributed by atoms with Gasteiger partial charge < -0.3 is 0 Å². The third-order valence-electron chi connectivity index (χ3n) is 4.76. The topological polar surface area (TPSA) is 29.5 Å². The predicted octanol–water partition coefficient (Wildman–Crippen LogP) is 5.54. The molecule has 1 fully saturated rings. The highest BCUT2D eigenvalue weighted by molar-refractivity contribution is 6.05. The van der Waals surface area contributed by atoms with Crippen molar-refractivity contribution in [2.24, 2.45) is 5.92 Å². The van der Waals surface area contributed by atoms with Gasteiger partial charge in [0.15, 0.2) is 23.3 Å². The highest BCUT2D eigenvalue weighted by Crippen LogP contribution is 2.28. The Morgan fingerprint density at radius 3 is 1.96 bits per heavy atom. The van der Waals surface area contributed by atoms with Crippen LogP contribution in [-0.2, 0) is 4.84 Å². The molecule has 3 rings (SSSR count). The van der Waals surface area contributed by atoms with Crippen molar-refractivity contribution in [3.63, 3.8) is 0 Å². The molecule has 3 nitrogen and oxygen atoms in total. The second-order valence-electron chi connectivity index (χ2n) is 6.68. The zero-order chi connectivity index (χ0) is 20.3. The van der Waals surface area contributed by atoms with Crippen LogP contribution in [0, 0.1) is 35.0 Å². The van der Waals surface area contributed by atoms with Crippen LogP contribution in [0.3, 0.4) is 0 Å². The maximum absolute atomic E-state index is 14.1. The number of hydrogen-bond acceptors (Lipinski definition) is 2. The molecule has 8 heteroatoms. The van der Waals surface area contributed by atoms with Crippen LogP contribution < -0.4 is 5.06 Å². The molecule has 0 unspecified atom stereocenters. The first-order valence-electron chi connectivity index (χ1n) is 8.95. The molecule has 1 saturated carbocycles. The minimum Gasteiger partial charge on any atom is -0.266 e. The molecule has 0 bridgehead atoms. The van der Waals surface area contributed by atoms with Crippen LogP contribution in [0.15, 0.2) is 30.3 Å². The largest absolute Gasteiger partial charge is 0.288 e. The Hall–Kier alpha value is -2.48. The van der Waals surface area contributed by atoms with Crippen LogP contribution in [0.4, 0.5) is 27.6 Å². The molecule has 0 atom stereocenters. The minimum atomic E-state index is -2.32. The molecule has 28 heavy (non-hydrogen) atoms. The molecule has 0 N–H and O–H groups in total. The summed E-state index contributed by atoms with van der Waals surface area (Å²) < 4.78 is 68.6. The van der Waals surface area contributed by atoms with Gasteiger partial charge in [-0.1, -0.05) is 37.5 Å². The van der Waals surface area contributed by atoms with Crippen molar-refractivity contribution in [2.75, 3.05) is 11.7 Å². The molecule has 0 aromatic heterocycles. The third kappa shape index (κ3) is 4.01. The summed E-state index contributed by atoms with van der Waals surface area (Å²) in [6.07, 6.45) is 4.86. The van der Waals surface area contributed by atoms with Crippen LogP contribution in [-0.4, -0.2) is 12.5 Å². The van der Waals surface area contributed by atoms with Gasteiger partial charge in [0.05, 0.1) is 12.3 Å². The molecule has 0 spiro atoms. The van der Waals surface area contributed by atoms with Gasteiger partial charge in [-0.3, -0.25) is 9.63 Å². The van der Waals surface area contributed by atoms with Crippen molar-refractivity contribution in [2.45, 2.75) is 32.1 Å². The van der Waals surface area contributed by atoms with E-state index in [0.29, 0.717) is 5.06 Å². The summed E-state index contributed by atoms with van der Waals surface area (Å²) in [5.41, 5.74) is -1.43. The Morgan fingerprint density at radius 1 is 0.857 bits per heavy atom. The zero-order valence-electron chi connectivity index (χ0n) is 14.9. The highest BCUT2D eigenvalue weighted by Gasteiger charge is 2.33. The average molecular weight is 399 g/mol. The van der Waals surface area contributed by atoms with E-state index in [1.165, 1.54) is 12.1 Å². The molecule has 0 saturated heterocycles. The number of hydroxylamine groups is 1. The van der Waals surface area contributed by atoms with E-state index in [2.05, 4.69) is 0 Å². The van der Waals surface area contributed by atoms with Gasteiger partial charge >= 0.3 is 0 Å². The van der Waals surface area contributed by atoms with E-state index < -0.39 is 40.6 Å². The number of amides is 1. The van der Waals surface area contributed by atoms with Crippen LogP contribution >= 0.6 is 0 Å². The van der Waals surface area contributed by atoms with Crippen LogP contribution in [0.2, 0.25) is 0 Å². The van der Waals surface area contributed by atoms with Crippen LogP contribution in [0.1, 0.15) is 42.5 Å². The van der Waals surface area contributed by atoms with E-state index in [1.54, 1.807) is 18.2 Å². The molecule has 0 radical (unpaired) electrons. The number of hydrogen-bond donors (Lipinski definition) is 0. The van der Waals surface area contributed by atoms with E-state index in [9.17, 15) is 26.7 Å². The van der Waals surface area contributed by atoms with Gasteiger partial charge in [0.1, 0.15) is 5.56 Å². The summed E-state index contributed by atoms with van der Waals surface area (Å²) in [7, 11) is 0. The third-order valence-corrected chi connectivity index (χ3v) is 4.76. The van der Waals surface area contributed by atoms with E-state index in [4.69, 9.17) is 4.84 Å². The second-order valence-corrected chi connectivity index (χ2v) is 6.68. The smallest absolute Gasteiger partial charge is 0.266 e. The first kappa shape index (κ1) is 20.3. The second kappa shape index (κ2) is 8.68. The van der Waals surface area contributed by atoms with Gasteiger partial charge in [-0.15, -0.1) is 0 Å². The maximum atomic E-state index is 14.1. The van der Waals surface area contributed by atoms with Crippen molar-refractivity contribution < 1.29 is 31.6 Å². The van der Waals surface area contributed by atoms with Crippen molar-refractivity contribution in [3.05, 3.63) is 65.0 Å². The fraction of sp³-hybridized carbons (Fsp3) is 0.350. The number of rotatable bonds is 5. The number of nitrogens with zero attached hydrogens (tertiary/aromatic N) is 1. The summed E-state index contributed by atoms with van der Waals surface area (Å²) in [5, 5.41) is 0.590. The molecule has 0 heterocycles. The molecular weight excluding hydrogens is 381 g/mol. The fourth-order valence-electron chi connectivity index (χ4n) is 3.24. The zero-order valence-corrected chi connectivity index (χ0v) is 14.9. The van der Waals surface area contributed by atoms with Gasteiger partial charge in [0, 0.05) is 0 Å². The van der Waals surface area contributed by atoms with Crippen molar-refractivity contribution in [3.8, 4) is 0 Å². The molecule has 1 aliphatic carbocycles. The summed E-state index contributed by atoms with van der Waals surface area (Å²) >= 11 is 0. The summed E-state index contributed by atoms with van der Waals surface area (Å²) in [5.74, 6) is -12.4. The molecule has 0 aliphatic heterocycles. The van der Waals surface area contributed by atoms with Gasteiger partial charge in [-0.05, 0) is 30.9 Å². The lowest BCUT2D eigenvalue weighted by atomic mass is 9.90. The number of carbonyl (C=O) groups excluding carboxylic acids is 1. The van der Waals surface area contributed by atoms with Gasteiger partial charge in [0.25, 0.3) is 5.91 Å². The molecule has 2 aromatic carbocycles. The first-order valence-corrected chi connectivity index (χ1v) is 8.95. The molecule has 150 valence electrons. The molecular formula is C20H18F5NO2. The lowest BCUT2D eigenvalue weighted by molar-refractivity contribution is 0.0475. The quantitative estimate of drug-likeness (QED) is 0.286. The Morgan fingerprint density at radius 2 is 1.39 bits per heavy atom. The molecule has 2 aromatic rings. The lowest BCUT2D eigenvalue weighted by Crippen LogP contribution is -2.35. The van der Waals surface area contributed by atoms with Crippen LogP contribution in [0.5, 0.6) is 0 Å². The molecule has 1 aliphatic rings. The number of halogens is 5. The number of anilines is 1. The molecule has 1 amide bonds. The van der Waals surface area contributed by atoms with E-state index in [1.807, 2.05) is 0 Å². The van der Waals surface area contributed by atoms with Gasteiger partial charge in [-0.25, -0.2) is 22.0 Å². The summed E-state index contributed by atoms with van der Waals surface area (Å²) in [6, 6.07) is 7.62. The standard InChI is InChI=1S/C20H18F5NO2/c21-15-14(16(22)18(24)19(25)17(15)23)20(27)26(13-9-5-2-6-10-13)28-11-12-7-3-1-4-8-12/h2,5-6,9-10,12H,1,3-4,7-8,11H2. The maximum Gasteiger partial charge on any atom is 0.288 e. The SMILES string of the molecule is O=C(c1c(F)c(F)c(F)c(F)c1F)N(OCC1CCCCC1)c1ccccc1. The normalized spacial score (nSPS) is 14.9. The van der Waals surface area contributed by atoms with Crippen molar-refractivity contribution in [1.29, 1.82) is 0 Å². The number of para-hydroxylation sites is 1. The van der Waals surface area contributed by atoms with E-state index >= 15 is 0 Å². The fourth-order valence-corrected chi connectivity index (χ4v) is 3.24. The van der Waals surface area contributed by atoms with Crippen LogP contribution in [0.25, 0.3) is 0 Å². The Labute approximate surface area is 158 Å². The monoisotopic (exact) mass is 399 g/mol. The number of benzene rings is 2. The summed E-state index contributed by atoms with van der Waals surface area (Å²) in [6.45, 7) is 0.0933. The lowest BCUT2D eigenvalue weighted by Gasteiger charge is -2.27.